The SMILES string of the molecule is N[C@H]1CC[C@@H](N2c3ccccc3CCc3ccccc32)[C@@H]1O.O=S(=O)(N[C@H]1CC[C@@H](N2c3ccccc3CCc3ccccc32)[C@@H]1O)c1ccc(OC(F)(F)F)cc1. The number of ether oxygens (including phenoxy) is 1. The van der Waals surface area contributed by atoms with Crippen LogP contribution < -0.4 is 25.0 Å². The maximum atomic E-state index is 13.0. The quantitative estimate of drug-likeness (QED) is 0.139. The van der Waals surface area contributed by atoms with Crippen LogP contribution in [0.4, 0.5) is 35.9 Å². The van der Waals surface area contributed by atoms with Gasteiger partial charge < -0.3 is 30.5 Å². The van der Waals surface area contributed by atoms with E-state index in [-0.39, 0.29) is 23.0 Å². The predicted octanol–water partition coefficient (Wildman–Crippen LogP) is 7.47. The number of benzene rings is 5. The molecule has 5 aromatic rings. The highest BCUT2D eigenvalue weighted by molar-refractivity contribution is 7.89. The van der Waals surface area contributed by atoms with E-state index in [1.54, 1.807) is 0 Å². The van der Waals surface area contributed by atoms with Crippen molar-refractivity contribution in [3.8, 4) is 5.75 Å². The summed E-state index contributed by atoms with van der Waals surface area (Å²) in [4.78, 5) is 4.26. The molecule has 0 amide bonds. The first-order valence-electron chi connectivity index (χ1n) is 19.8. The Kier molecular flexibility index (Phi) is 11.3. The van der Waals surface area contributed by atoms with E-state index >= 15 is 0 Å². The Labute approximate surface area is 336 Å². The third kappa shape index (κ3) is 8.19. The van der Waals surface area contributed by atoms with E-state index in [9.17, 15) is 31.8 Å². The maximum Gasteiger partial charge on any atom is 0.573 e. The molecule has 58 heavy (non-hydrogen) atoms. The average molecular weight is 813 g/mol. The number of aryl methyl sites for hydroxylation is 4. The van der Waals surface area contributed by atoms with Crippen molar-refractivity contribution in [3.63, 3.8) is 0 Å². The van der Waals surface area contributed by atoms with Crippen LogP contribution in [-0.4, -0.2) is 61.4 Å². The number of anilines is 4. The Morgan fingerprint density at radius 3 is 1.38 bits per heavy atom. The summed E-state index contributed by atoms with van der Waals surface area (Å²) >= 11 is 0. The number of para-hydroxylation sites is 4. The topological polar surface area (TPSA) is 128 Å². The summed E-state index contributed by atoms with van der Waals surface area (Å²) in [5.41, 5.74) is 15.5. The van der Waals surface area contributed by atoms with Crippen molar-refractivity contribution in [3.05, 3.63) is 144 Å². The van der Waals surface area contributed by atoms with Gasteiger partial charge >= 0.3 is 6.36 Å². The van der Waals surface area contributed by atoms with Crippen LogP contribution in [0.15, 0.2) is 126 Å². The molecule has 5 N–H and O–H groups in total. The third-order valence-corrected chi connectivity index (χ3v) is 13.4. The van der Waals surface area contributed by atoms with Crippen molar-refractivity contribution in [2.24, 2.45) is 5.73 Å². The first-order valence-corrected chi connectivity index (χ1v) is 21.3. The Balaban J connectivity index is 0.000000181. The highest BCUT2D eigenvalue weighted by Crippen LogP contribution is 2.43. The van der Waals surface area contributed by atoms with Gasteiger partial charge in [0.1, 0.15) is 5.75 Å². The smallest absolute Gasteiger partial charge is 0.406 e. The van der Waals surface area contributed by atoms with Gasteiger partial charge in [0.05, 0.1) is 35.2 Å². The van der Waals surface area contributed by atoms with Gasteiger partial charge in [-0.2, -0.15) is 0 Å². The van der Waals surface area contributed by atoms with Crippen molar-refractivity contribution in [1.29, 1.82) is 0 Å². The van der Waals surface area contributed by atoms with Gasteiger partial charge in [-0.3, -0.25) is 0 Å². The van der Waals surface area contributed by atoms with Crippen molar-refractivity contribution in [2.75, 3.05) is 9.80 Å². The van der Waals surface area contributed by atoms with Gasteiger partial charge in [-0.25, -0.2) is 13.1 Å². The molecule has 2 saturated carbocycles. The lowest BCUT2D eigenvalue weighted by Gasteiger charge is -2.35. The minimum Gasteiger partial charge on any atom is -0.406 e. The zero-order chi connectivity index (χ0) is 40.6. The summed E-state index contributed by atoms with van der Waals surface area (Å²) in [7, 11) is -4.08. The molecule has 2 aliphatic heterocycles. The first kappa shape index (κ1) is 39.9. The number of nitrogens with one attached hydrogen (secondary N) is 1. The van der Waals surface area contributed by atoms with E-state index in [1.807, 2.05) is 36.4 Å². The predicted molar refractivity (Wildman–Crippen MR) is 218 cm³/mol. The van der Waals surface area contributed by atoms with Gasteiger partial charge in [0, 0.05) is 28.8 Å². The van der Waals surface area contributed by atoms with Crippen LogP contribution in [0, 0.1) is 0 Å². The molecule has 5 aromatic carbocycles. The minimum absolute atomic E-state index is 0.0652. The molecule has 304 valence electrons. The lowest BCUT2D eigenvalue weighted by Crippen LogP contribution is -2.47. The van der Waals surface area contributed by atoms with E-state index < -0.39 is 40.4 Å². The van der Waals surface area contributed by atoms with Crippen LogP contribution in [0.3, 0.4) is 0 Å². The van der Waals surface area contributed by atoms with Crippen LogP contribution in [0.2, 0.25) is 0 Å². The number of hydrogen-bond donors (Lipinski definition) is 4. The van der Waals surface area contributed by atoms with Crippen LogP contribution >= 0.6 is 0 Å². The summed E-state index contributed by atoms with van der Waals surface area (Å²) < 4.78 is 69.5. The fraction of sp³-hybridized carbons (Fsp3) is 0.333. The number of nitrogens with two attached hydrogens (primary N) is 1. The Bertz CT molecular complexity index is 2250. The Hall–Kier alpha value is -4.92. The van der Waals surface area contributed by atoms with Crippen molar-refractivity contribution < 1.29 is 36.5 Å². The maximum absolute atomic E-state index is 13.0. The molecule has 4 aliphatic rings. The summed E-state index contributed by atoms with van der Waals surface area (Å²) in [5, 5.41) is 21.9. The molecule has 9 nitrogen and oxygen atoms in total. The molecular weight excluding hydrogens is 766 g/mol. The fourth-order valence-corrected chi connectivity index (χ4v) is 10.4. The third-order valence-electron chi connectivity index (χ3n) is 11.9. The highest BCUT2D eigenvalue weighted by Gasteiger charge is 2.43. The standard InChI is InChI=1S/C26H25F3N2O4S.C19H22N2O/c27-26(28,29)35-19-11-13-20(14-12-19)36(33,34)30-21-15-16-24(25(21)32)31-22-7-3-1-5-17(22)9-10-18-6-2-4-8-23(18)31;20-15-11-12-18(19(15)22)21-16-7-3-1-5-13(16)9-10-14-6-2-4-8-17(14)21/h1-8,11-14,21,24-25,30,32H,9-10,15-16H2;1-8,15,18-19,22H,9-12,20H2/t21-,24+,25+;15-,18+,19+/m00/s1. The van der Waals surface area contributed by atoms with Gasteiger partial charge in [0.15, 0.2) is 0 Å². The molecule has 9 rings (SSSR count). The van der Waals surface area contributed by atoms with Crippen LogP contribution in [-0.2, 0) is 35.7 Å². The summed E-state index contributed by atoms with van der Waals surface area (Å²) in [6, 6.07) is 36.0. The van der Waals surface area contributed by atoms with Crippen LogP contribution in [0.1, 0.15) is 47.9 Å². The van der Waals surface area contributed by atoms with Crippen molar-refractivity contribution >= 4 is 32.8 Å². The second kappa shape index (κ2) is 16.4. The van der Waals surface area contributed by atoms with Crippen LogP contribution in [0.25, 0.3) is 0 Å². The molecule has 2 aliphatic carbocycles. The number of sulfonamides is 1. The lowest BCUT2D eigenvalue weighted by atomic mass is 10.0. The molecule has 0 spiro atoms. The summed E-state index contributed by atoms with van der Waals surface area (Å²) in [6.45, 7) is 0. The number of hydrogen-bond acceptors (Lipinski definition) is 8. The minimum atomic E-state index is -4.87. The number of rotatable bonds is 6. The molecular formula is C45H47F3N4O5S. The fourth-order valence-electron chi connectivity index (χ4n) is 9.07. The monoisotopic (exact) mass is 812 g/mol. The number of nitrogens with zero attached hydrogens (tertiary/aromatic N) is 2. The van der Waals surface area contributed by atoms with Crippen molar-refractivity contribution in [2.45, 2.75) is 99.0 Å². The second-order valence-electron chi connectivity index (χ2n) is 15.4. The van der Waals surface area contributed by atoms with E-state index in [4.69, 9.17) is 5.73 Å². The number of aliphatic hydroxyl groups excluding tert-OH is 2. The number of halogens is 3. The van der Waals surface area contributed by atoms with Gasteiger partial charge in [-0.15, -0.1) is 13.2 Å². The normalized spacial score (nSPS) is 24.0. The molecule has 13 heteroatoms. The van der Waals surface area contributed by atoms with Crippen molar-refractivity contribution in [1.82, 2.24) is 4.72 Å². The molecule has 0 unspecified atom stereocenters. The zero-order valence-electron chi connectivity index (χ0n) is 31.8. The molecule has 0 radical (unpaired) electrons. The van der Waals surface area contributed by atoms with Gasteiger partial charge in [0.25, 0.3) is 0 Å². The summed E-state index contributed by atoms with van der Waals surface area (Å²) in [5.74, 6) is -0.513. The van der Waals surface area contributed by atoms with E-state index in [0.29, 0.717) is 12.8 Å². The van der Waals surface area contributed by atoms with Gasteiger partial charge in [0.2, 0.25) is 10.0 Å². The van der Waals surface area contributed by atoms with Crippen LogP contribution in [0.5, 0.6) is 5.75 Å². The lowest BCUT2D eigenvalue weighted by molar-refractivity contribution is -0.274. The Morgan fingerprint density at radius 1 is 0.586 bits per heavy atom. The Morgan fingerprint density at radius 2 is 0.983 bits per heavy atom. The first-order chi connectivity index (χ1) is 27.9. The average Bonchev–Trinajstić information content (AvgIpc) is 3.59. The molecule has 0 bridgehead atoms. The molecule has 2 heterocycles. The second-order valence-corrected chi connectivity index (χ2v) is 17.2. The van der Waals surface area contributed by atoms with E-state index in [1.165, 1.54) is 22.5 Å². The largest absolute Gasteiger partial charge is 0.573 e. The number of alkyl halides is 3. The summed E-state index contributed by atoms with van der Waals surface area (Å²) in [6.07, 6.45) is 0.219. The van der Waals surface area contributed by atoms with E-state index in [2.05, 4.69) is 79.9 Å². The molecule has 0 aromatic heterocycles. The molecule has 6 atom stereocenters. The number of aliphatic hydroxyl groups is 2. The van der Waals surface area contributed by atoms with E-state index in [0.717, 1.165) is 85.3 Å². The molecule has 0 saturated heterocycles. The van der Waals surface area contributed by atoms with Gasteiger partial charge in [-0.05, 0) is 122 Å². The number of fused-ring (bicyclic) bond motifs is 4. The molecule has 2 fully saturated rings. The van der Waals surface area contributed by atoms with Gasteiger partial charge in [-0.1, -0.05) is 72.8 Å². The zero-order valence-corrected chi connectivity index (χ0v) is 32.6. The highest BCUT2D eigenvalue weighted by atomic mass is 32.2.